The summed E-state index contributed by atoms with van der Waals surface area (Å²) in [6, 6.07) is 12.0. The number of imide groups is 1. The fourth-order valence-corrected chi connectivity index (χ4v) is 2.58. The second-order valence-electron chi connectivity index (χ2n) is 5.45. The second-order valence-corrected chi connectivity index (χ2v) is 5.45. The summed E-state index contributed by atoms with van der Waals surface area (Å²) >= 11 is 0. The molecule has 2 heterocycles. The third-order valence-corrected chi connectivity index (χ3v) is 3.85. The van der Waals surface area contributed by atoms with Gasteiger partial charge in [0, 0.05) is 6.20 Å². The highest BCUT2D eigenvalue weighted by molar-refractivity contribution is 6.21. The predicted molar refractivity (Wildman–Crippen MR) is 85.9 cm³/mol. The summed E-state index contributed by atoms with van der Waals surface area (Å²) in [4.78, 5) is 41.6. The van der Waals surface area contributed by atoms with E-state index in [4.69, 9.17) is 4.84 Å². The fraction of sp³-hybridized carbons (Fsp3) is 0. The average molecular weight is 351 g/mol. The summed E-state index contributed by atoms with van der Waals surface area (Å²) < 4.78 is 15.0. The molecule has 0 N–H and O–H groups in total. The molecule has 2 amide bonds. The molecule has 0 radical (unpaired) electrons. The molecule has 8 heteroatoms. The summed E-state index contributed by atoms with van der Waals surface area (Å²) in [6.45, 7) is 0. The van der Waals surface area contributed by atoms with Crippen molar-refractivity contribution in [1.29, 1.82) is 0 Å². The van der Waals surface area contributed by atoms with Gasteiger partial charge in [-0.2, -0.15) is 5.10 Å². The first-order valence-electron chi connectivity index (χ1n) is 7.56. The van der Waals surface area contributed by atoms with Crippen LogP contribution in [0, 0.1) is 5.82 Å². The number of carbonyl (C=O) groups is 3. The third kappa shape index (κ3) is 2.44. The van der Waals surface area contributed by atoms with Gasteiger partial charge in [-0.3, -0.25) is 9.59 Å². The van der Waals surface area contributed by atoms with Gasteiger partial charge in [0.1, 0.15) is 17.1 Å². The lowest BCUT2D eigenvalue weighted by Crippen LogP contribution is -2.32. The Morgan fingerprint density at radius 2 is 1.58 bits per heavy atom. The number of halogens is 1. The molecule has 0 saturated heterocycles. The minimum atomic E-state index is -0.956. The van der Waals surface area contributed by atoms with Crippen LogP contribution in [-0.4, -0.2) is 32.6 Å². The van der Waals surface area contributed by atoms with Gasteiger partial charge in [0.15, 0.2) is 0 Å². The number of nitrogens with zero attached hydrogens (tertiary/aromatic N) is 3. The fourth-order valence-electron chi connectivity index (χ4n) is 2.58. The van der Waals surface area contributed by atoms with Crippen molar-refractivity contribution in [3.63, 3.8) is 0 Å². The van der Waals surface area contributed by atoms with Crippen LogP contribution >= 0.6 is 0 Å². The van der Waals surface area contributed by atoms with Crippen molar-refractivity contribution < 1.29 is 23.6 Å². The van der Waals surface area contributed by atoms with Crippen LogP contribution in [0.1, 0.15) is 31.1 Å². The van der Waals surface area contributed by atoms with E-state index in [1.807, 2.05) is 0 Å². The molecule has 0 spiro atoms. The van der Waals surface area contributed by atoms with Crippen LogP contribution in [0.15, 0.2) is 60.9 Å². The third-order valence-electron chi connectivity index (χ3n) is 3.85. The van der Waals surface area contributed by atoms with Gasteiger partial charge in [-0.05, 0) is 24.3 Å². The molecule has 0 fully saturated rings. The average Bonchev–Trinajstić information content (AvgIpc) is 3.23. The van der Waals surface area contributed by atoms with Crippen molar-refractivity contribution >= 4 is 17.8 Å². The first-order chi connectivity index (χ1) is 12.6. The van der Waals surface area contributed by atoms with Crippen molar-refractivity contribution in [1.82, 2.24) is 14.8 Å². The molecule has 26 heavy (non-hydrogen) atoms. The van der Waals surface area contributed by atoms with Crippen LogP contribution in [0.3, 0.4) is 0 Å². The molecular formula is C18H10FN3O4. The number of hydrogen-bond acceptors (Lipinski definition) is 5. The maximum Gasteiger partial charge on any atom is 0.367 e. The van der Waals surface area contributed by atoms with Crippen molar-refractivity contribution in [2.24, 2.45) is 0 Å². The quantitative estimate of drug-likeness (QED) is 0.677. The van der Waals surface area contributed by atoms with Crippen LogP contribution in [0.25, 0.3) is 5.69 Å². The second kappa shape index (κ2) is 5.92. The molecule has 0 aliphatic carbocycles. The first-order valence-corrected chi connectivity index (χ1v) is 7.56. The number of hydrogen-bond donors (Lipinski definition) is 0. The highest BCUT2D eigenvalue weighted by Crippen LogP contribution is 2.23. The first kappa shape index (κ1) is 15.7. The van der Waals surface area contributed by atoms with E-state index >= 15 is 0 Å². The Balaban J connectivity index is 1.56. The molecule has 0 atom stereocenters. The minimum absolute atomic E-state index is 0.0372. The van der Waals surface area contributed by atoms with Gasteiger partial charge in [0.25, 0.3) is 11.8 Å². The molecule has 1 aliphatic rings. The highest BCUT2D eigenvalue weighted by atomic mass is 19.1. The topological polar surface area (TPSA) is 81.5 Å². The number of amides is 2. The van der Waals surface area contributed by atoms with Crippen LogP contribution in [0.5, 0.6) is 0 Å². The van der Waals surface area contributed by atoms with E-state index in [9.17, 15) is 18.8 Å². The Morgan fingerprint density at radius 3 is 2.23 bits per heavy atom. The molecule has 1 aliphatic heterocycles. The van der Waals surface area contributed by atoms with Crippen molar-refractivity contribution in [2.45, 2.75) is 0 Å². The molecule has 4 rings (SSSR count). The van der Waals surface area contributed by atoms with Crippen LogP contribution in [0.2, 0.25) is 0 Å². The van der Waals surface area contributed by atoms with Crippen LogP contribution in [-0.2, 0) is 4.84 Å². The van der Waals surface area contributed by atoms with Gasteiger partial charge >= 0.3 is 5.97 Å². The Morgan fingerprint density at radius 1 is 0.962 bits per heavy atom. The zero-order chi connectivity index (χ0) is 18.3. The monoisotopic (exact) mass is 351 g/mol. The number of fused-ring (bicyclic) bond motifs is 1. The van der Waals surface area contributed by atoms with E-state index in [0.29, 0.717) is 5.06 Å². The van der Waals surface area contributed by atoms with Gasteiger partial charge in [-0.1, -0.05) is 29.3 Å². The highest BCUT2D eigenvalue weighted by Gasteiger charge is 2.38. The normalized spacial score (nSPS) is 13.0. The van der Waals surface area contributed by atoms with E-state index in [2.05, 4.69) is 5.10 Å². The van der Waals surface area contributed by atoms with Crippen molar-refractivity contribution in [3.8, 4) is 5.69 Å². The predicted octanol–water partition coefficient (Wildman–Crippen LogP) is 2.38. The molecule has 7 nitrogen and oxygen atoms in total. The molecule has 2 aromatic carbocycles. The van der Waals surface area contributed by atoms with E-state index in [0.717, 1.165) is 10.9 Å². The molecule has 3 aromatic rings. The molecule has 0 bridgehead atoms. The molecule has 0 saturated carbocycles. The standard InChI is InChI=1S/C18H10FN3O4/c19-14-7-3-4-8-15(14)21-10-11(9-20-21)18(25)26-22-16(23)12-5-1-2-6-13(12)17(22)24/h1-10H. The molecular weight excluding hydrogens is 341 g/mol. The Bertz CT molecular complexity index is 1020. The van der Waals surface area contributed by atoms with Gasteiger partial charge in [-0.15, -0.1) is 0 Å². The number of para-hydroxylation sites is 1. The maximum absolute atomic E-state index is 13.8. The summed E-state index contributed by atoms with van der Waals surface area (Å²) in [7, 11) is 0. The molecule has 1 aromatic heterocycles. The SMILES string of the molecule is O=C(ON1C(=O)c2ccccc2C1=O)c1cnn(-c2ccccc2F)c1. The maximum atomic E-state index is 13.8. The van der Waals surface area contributed by atoms with E-state index in [-0.39, 0.29) is 22.4 Å². The Labute approximate surface area is 146 Å². The molecule has 128 valence electrons. The largest absolute Gasteiger partial charge is 0.367 e. The summed E-state index contributed by atoms with van der Waals surface area (Å²) in [5.74, 6) is -2.92. The number of aromatic nitrogens is 2. The van der Waals surface area contributed by atoms with Gasteiger partial charge in [0.05, 0.1) is 17.3 Å². The van der Waals surface area contributed by atoms with Crippen molar-refractivity contribution in [3.05, 3.63) is 83.4 Å². The molecule has 0 unspecified atom stereocenters. The number of rotatable bonds is 3. The zero-order valence-electron chi connectivity index (χ0n) is 13.1. The van der Waals surface area contributed by atoms with Crippen LogP contribution < -0.4 is 0 Å². The Kier molecular flexibility index (Phi) is 3.58. The number of hydroxylamine groups is 2. The van der Waals surface area contributed by atoms with E-state index < -0.39 is 23.6 Å². The lowest BCUT2D eigenvalue weighted by Gasteiger charge is -2.11. The van der Waals surface area contributed by atoms with Crippen molar-refractivity contribution in [2.75, 3.05) is 0 Å². The van der Waals surface area contributed by atoms with Crippen LogP contribution in [0.4, 0.5) is 4.39 Å². The Hall–Kier alpha value is -3.81. The lowest BCUT2D eigenvalue weighted by molar-refractivity contribution is -0.0584. The summed E-state index contributed by atoms with van der Waals surface area (Å²) in [5, 5.41) is 4.32. The minimum Gasteiger partial charge on any atom is -0.324 e. The van der Waals surface area contributed by atoms with E-state index in [1.165, 1.54) is 36.5 Å². The van der Waals surface area contributed by atoms with Gasteiger partial charge in [-0.25, -0.2) is 13.9 Å². The lowest BCUT2D eigenvalue weighted by atomic mass is 10.1. The number of benzene rings is 2. The summed E-state index contributed by atoms with van der Waals surface area (Å²) in [5.41, 5.74) is 0.428. The zero-order valence-corrected chi connectivity index (χ0v) is 13.1. The van der Waals surface area contributed by atoms with Gasteiger partial charge < -0.3 is 4.84 Å². The number of carbonyl (C=O) groups excluding carboxylic acids is 3. The smallest absolute Gasteiger partial charge is 0.324 e. The summed E-state index contributed by atoms with van der Waals surface area (Å²) in [6.07, 6.45) is 2.41. The van der Waals surface area contributed by atoms with E-state index in [1.54, 1.807) is 18.2 Å². The van der Waals surface area contributed by atoms with Gasteiger partial charge in [0.2, 0.25) is 0 Å².